The van der Waals surface area contributed by atoms with Crippen LogP contribution >= 0.6 is 0 Å². The van der Waals surface area contributed by atoms with E-state index in [0.29, 0.717) is 11.6 Å². The van der Waals surface area contributed by atoms with Crippen LogP contribution < -0.4 is 0 Å². The molecule has 3 heteroatoms. The van der Waals surface area contributed by atoms with Crippen LogP contribution in [0, 0.1) is 20.8 Å². The largest absolute Gasteiger partial charge is 0.213 e. The number of benzene rings is 5. The van der Waals surface area contributed by atoms with Crippen molar-refractivity contribution in [2.75, 3.05) is 0 Å². The fourth-order valence-electron chi connectivity index (χ4n) is 5.94. The molecule has 7 rings (SSSR count). The van der Waals surface area contributed by atoms with Crippen molar-refractivity contribution in [1.82, 2.24) is 15.0 Å². The zero-order chi connectivity index (χ0) is 29.3. The van der Waals surface area contributed by atoms with Crippen LogP contribution in [0.15, 0.2) is 121 Å². The van der Waals surface area contributed by atoms with Crippen LogP contribution in [-0.2, 0) is 5.41 Å². The molecule has 1 heterocycles. The number of nitrogens with zero attached hydrogens (tertiary/aromatic N) is 3. The zero-order valence-corrected chi connectivity index (χ0v) is 24.9. The van der Waals surface area contributed by atoms with Gasteiger partial charge in [0, 0.05) is 16.5 Å². The van der Waals surface area contributed by atoms with E-state index in [1.807, 2.05) is 67.6 Å². The predicted octanol–water partition coefficient (Wildman–Crippen LogP) is 9.79. The van der Waals surface area contributed by atoms with E-state index in [0.717, 1.165) is 17.0 Å². The molecule has 0 saturated heterocycles. The van der Waals surface area contributed by atoms with E-state index in [-0.39, 0.29) is 5.41 Å². The summed E-state index contributed by atoms with van der Waals surface area (Å²) in [6, 6.07) is 42.2. The molecule has 1 aliphatic carbocycles. The summed E-state index contributed by atoms with van der Waals surface area (Å²) in [7, 11) is 0. The summed E-state index contributed by atoms with van der Waals surface area (Å²) >= 11 is 0. The highest BCUT2D eigenvalue weighted by molar-refractivity contribution is 5.86. The molecule has 206 valence electrons. The number of aryl methyl sites for hydroxylation is 3. The Morgan fingerprint density at radius 2 is 0.952 bits per heavy atom. The van der Waals surface area contributed by atoms with Gasteiger partial charge in [0.1, 0.15) is 5.82 Å². The Labute approximate surface area is 249 Å². The van der Waals surface area contributed by atoms with E-state index < -0.39 is 0 Å². The third-order valence-electron chi connectivity index (χ3n) is 8.17. The Hall–Kier alpha value is -4.89. The zero-order valence-electron chi connectivity index (χ0n) is 24.9. The maximum absolute atomic E-state index is 4.55. The maximum atomic E-state index is 4.55. The molecule has 0 amide bonds. The molecular weight excluding hydrogens is 510 g/mol. The first-order chi connectivity index (χ1) is 20.3. The minimum atomic E-state index is 0.0843. The average molecular weight is 546 g/mol. The van der Waals surface area contributed by atoms with Crippen molar-refractivity contribution in [2.24, 2.45) is 0 Å². The molecule has 0 spiro atoms. The molecule has 5 aromatic carbocycles. The minimum absolute atomic E-state index is 0.0843. The van der Waals surface area contributed by atoms with Crippen LogP contribution in [0.5, 0.6) is 0 Å². The molecule has 6 aromatic rings. The van der Waals surface area contributed by atoms with Crippen LogP contribution in [0.25, 0.3) is 45.0 Å². The molecule has 0 saturated carbocycles. The third kappa shape index (κ3) is 5.14. The highest BCUT2D eigenvalue weighted by Crippen LogP contribution is 2.50. The number of rotatable bonds is 3. The quantitative estimate of drug-likeness (QED) is 0.222. The number of hydrogen-bond acceptors (Lipinski definition) is 3. The summed E-state index contributed by atoms with van der Waals surface area (Å²) in [5.74, 6) is 2.16. The summed E-state index contributed by atoms with van der Waals surface area (Å²) in [5, 5.41) is 0. The fraction of sp³-hybridized carbons (Fsp3) is 0.154. The van der Waals surface area contributed by atoms with Crippen molar-refractivity contribution in [2.45, 2.75) is 40.0 Å². The minimum Gasteiger partial charge on any atom is -0.213 e. The van der Waals surface area contributed by atoms with E-state index in [2.05, 4.69) is 103 Å². The second-order valence-corrected chi connectivity index (χ2v) is 11.5. The molecular formula is C39H35N3. The average Bonchev–Trinajstić information content (AvgIpc) is 3.23. The van der Waals surface area contributed by atoms with Crippen molar-refractivity contribution >= 4 is 0 Å². The highest BCUT2D eigenvalue weighted by atomic mass is 15.0. The van der Waals surface area contributed by atoms with Crippen molar-refractivity contribution in [1.29, 1.82) is 0 Å². The van der Waals surface area contributed by atoms with Crippen LogP contribution in [0.4, 0.5) is 0 Å². The first-order valence-corrected chi connectivity index (χ1v) is 14.5. The summed E-state index contributed by atoms with van der Waals surface area (Å²) in [5.41, 5.74) is 13.2. The Balaban J connectivity index is 0.000000153. The topological polar surface area (TPSA) is 38.7 Å². The van der Waals surface area contributed by atoms with Gasteiger partial charge in [-0.15, -0.1) is 0 Å². The van der Waals surface area contributed by atoms with Gasteiger partial charge in [-0.25, -0.2) is 15.0 Å². The molecule has 1 aromatic heterocycles. The number of hydrogen-bond donors (Lipinski definition) is 0. The smallest absolute Gasteiger partial charge is 0.163 e. The van der Waals surface area contributed by atoms with E-state index in [1.54, 1.807) is 0 Å². The lowest BCUT2D eigenvalue weighted by Gasteiger charge is -2.22. The fourth-order valence-corrected chi connectivity index (χ4v) is 5.94. The van der Waals surface area contributed by atoms with Crippen molar-refractivity contribution in [3.8, 4) is 45.0 Å². The van der Waals surface area contributed by atoms with E-state index in [9.17, 15) is 0 Å². The SMILES string of the molecule is Cc1ccccc1-c1cc2c(cc1C)C(C)(C)c1ccccc1-2.Cc1nc(-c2ccccc2)nc(-c2ccccc2)n1. The summed E-state index contributed by atoms with van der Waals surface area (Å²) in [6.07, 6.45) is 0. The second kappa shape index (κ2) is 11.2. The van der Waals surface area contributed by atoms with Crippen molar-refractivity contribution in [3.63, 3.8) is 0 Å². The Kier molecular flexibility index (Phi) is 7.26. The normalized spacial score (nSPS) is 12.6. The predicted molar refractivity (Wildman–Crippen MR) is 174 cm³/mol. The molecule has 0 bridgehead atoms. The van der Waals surface area contributed by atoms with Crippen LogP contribution in [0.2, 0.25) is 0 Å². The molecule has 0 unspecified atom stereocenters. The molecule has 0 fully saturated rings. The Bertz CT molecular complexity index is 1810. The number of aromatic nitrogens is 3. The lowest BCUT2D eigenvalue weighted by atomic mass is 9.81. The first kappa shape index (κ1) is 27.3. The molecule has 42 heavy (non-hydrogen) atoms. The standard InChI is InChI=1S/C23H22.C16H13N3/c1-15-9-5-6-10-17(15)19-14-20-18-11-7-8-12-21(18)23(3,4)22(20)13-16(19)2;1-12-17-15(13-8-4-2-5-9-13)19-16(18-12)14-10-6-3-7-11-14/h5-14H,1-4H3;2-11H,1H3. The molecule has 0 atom stereocenters. The lowest BCUT2D eigenvalue weighted by molar-refractivity contribution is 0.660. The van der Waals surface area contributed by atoms with E-state index >= 15 is 0 Å². The van der Waals surface area contributed by atoms with E-state index in [1.165, 1.54) is 44.5 Å². The molecule has 0 radical (unpaired) electrons. The van der Waals surface area contributed by atoms with Gasteiger partial charge in [0.25, 0.3) is 0 Å². The first-order valence-electron chi connectivity index (χ1n) is 14.5. The highest BCUT2D eigenvalue weighted by Gasteiger charge is 2.35. The molecule has 1 aliphatic rings. The Morgan fingerprint density at radius 3 is 1.55 bits per heavy atom. The van der Waals surface area contributed by atoms with Crippen molar-refractivity contribution in [3.05, 3.63) is 149 Å². The molecule has 0 aliphatic heterocycles. The summed E-state index contributed by atoms with van der Waals surface area (Å²) < 4.78 is 0. The van der Waals surface area contributed by atoms with Gasteiger partial charge in [0.2, 0.25) is 0 Å². The van der Waals surface area contributed by atoms with Gasteiger partial charge in [-0.05, 0) is 71.3 Å². The van der Waals surface area contributed by atoms with Gasteiger partial charge < -0.3 is 0 Å². The van der Waals surface area contributed by atoms with Gasteiger partial charge in [0.15, 0.2) is 11.6 Å². The van der Waals surface area contributed by atoms with Gasteiger partial charge in [0.05, 0.1) is 0 Å². The molecule has 3 nitrogen and oxygen atoms in total. The van der Waals surface area contributed by atoms with Gasteiger partial charge >= 0.3 is 0 Å². The number of fused-ring (bicyclic) bond motifs is 3. The Morgan fingerprint density at radius 1 is 0.429 bits per heavy atom. The van der Waals surface area contributed by atoms with Gasteiger partial charge in [-0.2, -0.15) is 0 Å². The van der Waals surface area contributed by atoms with Crippen molar-refractivity contribution < 1.29 is 0 Å². The summed E-state index contributed by atoms with van der Waals surface area (Å²) in [4.78, 5) is 13.4. The monoisotopic (exact) mass is 545 g/mol. The second-order valence-electron chi connectivity index (χ2n) is 11.5. The lowest BCUT2D eigenvalue weighted by Crippen LogP contribution is -2.15. The van der Waals surface area contributed by atoms with E-state index in [4.69, 9.17) is 0 Å². The third-order valence-corrected chi connectivity index (χ3v) is 8.17. The van der Waals surface area contributed by atoms with Crippen LogP contribution in [-0.4, -0.2) is 15.0 Å². The van der Waals surface area contributed by atoms with Gasteiger partial charge in [-0.1, -0.05) is 129 Å². The van der Waals surface area contributed by atoms with Crippen LogP contribution in [0.1, 0.15) is 41.9 Å². The maximum Gasteiger partial charge on any atom is 0.163 e. The summed E-state index contributed by atoms with van der Waals surface area (Å²) in [6.45, 7) is 11.0. The van der Waals surface area contributed by atoms with Gasteiger partial charge in [-0.3, -0.25) is 0 Å². The van der Waals surface area contributed by atoms with Crippen LogP contribution in [0.3, 0.4) is 0 Å². The molecule has 0 N–H and O–H groups in total.